The number of furan rings is 1. The van der Waals surface area contributed by atoms with Crippen LogP contribution in [-0.2, 0) is 16.2 Å². The molecule has 15 rings (SSSR count). The summed E-state index contributed by atoms with van der Waals surface area (Å²) in [6.45, 7) is 9.63. The highest BCUT2D eigenvalue weighted by atomic mass is 32.1. The van der Waals surface area contributed by atoms with Gasteiger partial charge in [-0.3, -0.25) is 0 Å². The molecular formula is C63H47BN2OS. The second-order valence-corrected chi connectivity index (χ2v) is 22.0. The van der Waals surface area contributed by atoms with E-state index in [1.54, 1.807) is 0 Å². The predicted octanol–water partition coefficient (Wildman–Crippen LogP) is 15.7. The Kier molecular flexibility index (Phi) is 7.65. The van der Waals surface area contributed by atoms with Crippen molar-refractivity contribution in [3.63, 3.8) is 0 Å². The Hall–Kier alpha value is -7.34. The first kappa shape index (κ1) is 38.7. The van der Waals surface area contributed by atoms with Crippen molar-refractivity contribution in [3.8, 4) is 11.1 Å². The molecule has 1 aliphatic carbocycles. The fraction of sp³-hybridized carbons (Fsp3) is 0.143. The van der Waals surface area contributed by atoms with Crippen LogP contribution in [0.5, 0.6) is 0 Å². The summed E-state index contributed by atoms with van der Waals surface area (Å²) in [6.07, 6.45) is 2.32. The largest absolute Gasteiger partial charge is 0.456 e. The lowest BCUT2D eigenvalue weighted by Crippen LogP contribution is -2.62. The van der Waals surface area contributed by atoms with Crippen molar-refractivity contribution < 1.29 is 4.42 Å². The van der Waals surface area contributed by atoms with Crippen molar-refractivity contribution in [2.24, 2.45) is 0 Å². The van der Waals surface area contributed by atoms with Gasteiger partial charge in [-0.1, -0.05) is 167 Å². The Bertz CT molecular complexity index is 3920. The molecule has 0 saturated carbocycles. The van der Waals surface area contributed by atoms with E-state index in [-0.39, 0.29) is 17.7 Å². The SMILES string of the molecule is CC1(C)CCC(C)(C)c2cc(N3B4c5cccc6c5N(c5ccccc5C6(c5ccccc5)c5ccccc5)c5c4c(cc4c5sc5ccccc54)-c4c3ccc3oc5ccccc5c43)ccc21. The zero-order chi connectivity index (χ0) is 45.3. The summed E-state index contributed by atoms with van der Waals surface area (Å²) < 4.78 is 9.41. The zero-order valence-electron chi connectivity index (χ0n) is 38.6. The Morgan fingerprint density at radius 1 is 0.515 bits per heavy atom. The van der Waals surface area contributed by atoms with Gasteiger partial charge in [0, 0.05) is 48.9 Å². The van der Waals surface area contributed by atoms with E-state index in [1.807, 2.05) is 11.3 Å². The van der Waals surface area contributed by atoms with Crippen molar-refractivity contribution in [1.29, 1.82) is 0 Å². The minimum Gasteiger partial charge on any atom is -0.456 e. The lowest BCUT2D eigenvalue weighted by molar-refractivity contribution is 0.332. The molecule has 68 heavy (non-hydrogen) atoms. The average molecular weight is 891 g/mol. The number of fused-ring (bicyclic) bond motifs is 15. The third-order valence-corrected chi connectivity index (χ3v) is 17.7. The van der Waals surface area contributed by atoms with Crippen LogP contribution in [0.25, 0.3) is 53.2 Å². The number of rotatable bonds is 3. The first-order chi connectivity index (χ1) is 33.2. The van der Waals surface area contributed by atoms with E-state index in [0.29, 0.717) is 0 Å². The Morgan fingerprint density at radius 3 is 1.99 bits per heavy atom. The van der Waals surface area contributed by atoms with Crippen LogP contribution in [0.15, 0.2) is 192 Å². The van der Waals surface area contributed by atoms with E-state index < -0.39 is 5.41 Å². The molecule has 0 radical (unpaired) electrons. The molecule has 3 nitrogen and oxygen atoms in total. The summed E-state index contributed by atoms with van der Waals surface area (Å²) in [4.78, 5) is 5.44. The summed E-state index contributed by atoms with van der Waals surface area (Å²) in [5.74, 6) is 0. The highest BCUT2D eigenvalue weighted by molar-refractivity contribution is 7.26. The van der Waals surface area contributed by atoms with E-state index >= 15 is 0 Å². The minimum atomic E-state index is -0.601. The topological polar surface area (TPSA) is 19.6 Å². The van der Waals surface area contributed by atoms with Crippen LogP contribution in [0.3, 0.4) is 0 Å². The van der Waals surface area contributed by atoms with Gasteiger partial charge in [0.25, 0.3) is 0 Å². The maximum atomic E-state index is 6.79. The van der Waals surface area contributed by atoms with Crippen LogP contribution in [0.4, 0.5) is 28.4 Å². The van der Waals surface area contributed by atoms with Gasteiger partial charge in [0.05, 0.1) is 21.5 Å². The number of thiophene rings is 1. The maximum absolute atomic E-state index is 6.79. The molecule has 11 aromatic rings. The number of nitrogens with zero attached hydrogens (tertiary/aromatic N) is 2. The van der Waals surface area contributed by atoms with Gasteiger partial charge in [-0.05, 0) is 122 Å². The van der Waals surface area contributed by atoms with E-state index in [2.05, 4.69) is 225 Å². The zero-order valence-corrected chi connectivity index (χ0v) is 39.4. The van der Waals surface area contributed by atoms with Crippen LogP contribution in [-0.4, -0.2) is 6.85 Å². The highest BCUT2D eigenvalue weighted by Gasteiger charge is 2.54. The number of hydrogen-bond acceptors (Lipinski definition) is 4. The van der Waals surface area contributed by atoms with Crippen LogP contribution in [0.2, 0.25) is 0 Å². The van der Waals surface area contributed by atoms with Gasteiger partial charge in [0.2, 0.25) is 0 Å². The molecule has 0 bridgehead atoms. The van der Waals surface area contributed by atoms with E-state index in [0.717, 1.165) is 23.0 Å². The maximum Gasteiger partial charge on any atom is 0.333 e. The Balaban J connectivity index is 1.15. The molecule has 0 atom stereocenters. The molecule has 0 saturated heterocycles. The molecular weight excluding hydrogens is 844 g/mol. The van der Waals surface area contributed by atoms with Gasteiger partial charge >= 0.3 is 6.85 Å². The molecule has 0 spiro atoms. The van der Waals surface area contributed by atoms with Crippen molar-refractivity contribution in [2.75, 3.05) is 9.71 Å². The minimum absolute atomic E-state index is 0.0282. The van der Waals surface area contributed by atoms with Gasteiger partial charge in [0.15, 0.2) is 0 Å². The van der Waals surface area contributed by atoms with E-state index in [1.165, 1.54) is 116 Å². The molecule has 2 aromatic heterocycles. The van der Waals surface area contributed by atoms with Crippen molar-refractivity contribution >= 4 is 99.7 Å². The number of para-hydroxylation sites is 3. The van der Waals surface area contributed by atoms with Crippen molar-refractivity contribution in [1.82, 2.24) is 0 Å². The van der Waals surface area contributed by atoms with Gasteiger partial charge in [-0.15, -0.1) is 11.3 Å². The second kappa shape index (κ2) is 13.4. The number of anilines is 5. The first-order valence-corrected chi connectivity index (χ1v) is 25.1. The fourth-order valence-electron chi connectivity index (χ4n) is 13.4. The molecule has 0 amide bonds. The molecule has 324 valence electrons. The Morgan fingerprint density at radius 2 is 1.19 bits per heavy atom. The van der Waals surface area contributed by atoms with Crippen LogP contribution in [0.1, 0.15) is 73.9 Å². The second-order valence-electron chi connectivity index (χ2n) is 20.9. The van der Waals surface area contributed by atoms with Gasteiger partial charge in [-0.2, -0.15) is 0 Å². The molecule has 5 heteroatoms. The lowest BCUT2D eigenvalue weighted by Gasteiger charge is -2.52. The van der Waals surface area contributed by atoms with Gasteiger partial charge < -0.3 is 14.1 Å². The quantitative estimate of drug-likeness (QED) is 0.165. The molecule has 0 fully saturated rings. The molecule has 5 heterocycles. The molecule has 0 unspecified atom stereocenters. The summed E-state index contributed by atoms with van der Waals surface area (Å²) in [6, 6.07) is 71.4. The normalized spacial score (nSPS) is 16.7. The highest BCUT2D eigenvalue weighted by Crippen LogP contribution is 2.62. The van der Waals surface area contributed by atoms with Gasteiger partial charge in [0.1, 0.15) is 11.2 Å². The fourth-order valence-corrected chi connectivity index (χ4v) is 14.6. The van der Waals surface area contributed by atoms with Crippen LogP contribution >= 0.6 is 11.3 Å². The van der Waals surface area contributed by atoms with Crippen LogP contribution in [0, 0.1) is 0 Å². The smallest absolute Gasteiger partial charge is 0.333 e. The summed E-state index contributed by atoms with van der Waals surface area (Å²) >= 11 is 1.94. The van der Waals surface area contributed by atoms with Crippen LogP contribution < -0.4 is 20.6 Å². The molecule has 3 aliphatic heterocycles. The van der Waals surface area contributed by atoms with E-state index in [9.17, 15) is 0 Å². The van der Waals surface area contributed by atoms with Crippen molar-refractivity contribution in [3.05, 3.63) is 221 Å². The number of hydrogen-bond donors (Lipinski definition) is 0. The summed E-state index contributed by atoms with van der Waals surface area (Å²) in [5.41, 5.74) is 20.8. The van der Waals surface area contributed by atoms with Crippen molar-refractivity contribution in [2.45, 2.75) is 56.8 Å². The van der Waals surface area contributed by atoms with E-state index in [4.69, 9.17) is 4.42 Å². The first-order valence-electron chi connectivity index (χ1n) is 24.3. The third-order valence-electron chi connectivity index (χ3n) is 16.6. The molecule has 0 N–H and O–H groups in total. The Labute approximate surface area is 401 Å². The number of benzene rings is 9. The standard InChI is InChI=1S/C63H47BN2OS/c1-61(2)34-35-62(3,4)48-36-40(30-31-45(48)61)66-51-32-33-53-56(42-23-11-15-28-52(42)67-53)55(51)44-37-43-41-22-12-16-29-54(41)68-60(43)59-57(44)64(66)49-26-17-25-47-58(49)65(59)50-27-14-13-24-46(50)63(47,38-18-7-5-8-19-38)39-20-9-6-10-21-39/h5-33,36-37H,34-35H2,1-4H3. The average Bonchev–Trinajstić information content (AvgIpc) is 3.95. The lowest BCUT2D eigenvalue weighted by atomic mass is 9.42. The van der Waals surface area contributed by atoms with Gasteiger partial charge in [-0.25, -0.2) is 0 Å². The molecule has 9 aromatic carbocycles. The summed E-state index contributed by atoms with van der Waals surface area (Å²) in [5, 5.41) is 4.91. The monoisotopic (exact) mass is 890 g/mol. The molecule has 4 aliphatic rings. The third kappa shape index (κ3) is 4.84. The summed E-state index contributed by atoms with van der Waals surface area (Å²) in [7, 11) is 0. The predicted molar refractivity (Wildman–Crippen MR) is 287 cm³/mol.